The maximum atomic E-state index is 11.0. The second-order valence-corrected chi connectivity index (χ2v) is 3.68. The minimum Gasteiger partial charge on any atom is -0.350 e. The molecule has 0 aromatic heterocycles. The quantitative estimate of drug-likeness (QED) is 0.523. The summed E-state index contributed by atoms with van der Waals surface area (Å²) in [5, 5.41) is 2.75. The molecule has 0 aromatic carbocycles. The van der Waals surface area contributed by atoms with E-state index >= 15 is 0 Å². The maximum Gasteiger partial charge on any atom is 0.244 e. The standard InChI is InChI=1S/C9H15NOS/c1-7(2)10-9(11)6-5-8(3)12-4/h5-7H,4H2,1-3H3,(H,10,11)/b6-5-. The summed E-state index contributed by atoms with van der Waals surface area (Å²) in [5.41, 5.74) is 0. The van der Waals surface area contributed by atoms with Crippen LogP contribution in [0.3, 0.4) is 0 Å². The highest BCUT2D eigenvalue weighted by Crippen LogP contribution is 1.83. The molecule has 0 heterocycles. The molecule has 0 radical (unpaired) electrons. The van der Waals surface area contributed by atoms with Gasteiger partial charge in [0, 0.05) is 17.0 Å². The third-order valence-electron chi connectivity index (χ3n) is 1.13. The van der Waals surface area contributed by atoms with E-state index in [1.165, 1.54) is 17.0 Å². The van der Waals surface area contributed by atoms with Gasteiger partial charge in [-0.2, -0.15) is 10.9 Å². The van der Waals surface area contributed by atoms with Gasteiger partial charge < -0.3 is 5.32 Å². The van der Waals surface area contributed by atoms with E-state index in [1.54, 1.807) is 6.08 Å². The van der Waals surface area contributed by atoms with Crippen molar-refractivity contribution < 1.29 is 4.79 Å². The first-order chi connectivity index (χ1) is 5.56. The first-order valence-electron chi connectivity index (χ1n) is 3.80. The van der Waals surface area contributed by atoms with Gasteiger partial charge in [0.05, 0.1) is 0 Å². The Hall–Kier alpha value is -0.830. The molecule has 1 amide bonds. The number of nitrogens with one attached hydrogen (secondary N) is 1. The highest BCUT2D eigenvalue weighted by Gasteiger charge is 1.96. The molecule has 0 fully saturated rings. The normalized spacial score (nSPS) is 10.3. The molecule has 0 atom stereocenters. The van der Waals surface area contributed by atoms with E-state index < -0.39 is 0 Å². The minimum atomic E-state index is -0.0570. The molecule has 0 saturated heterocycles. The van der Waals surface area contributed by atoms with Crippen LogP contribution in [0, 0.1) is 0 Å². The average molecular weight is 185 g/mol. The molecule has 0 aliphatic rings. The number of carbonyl (C=O) groups excluding carboxylic acids is 1. The van der Waals surface area contributed by atoms with Crippen molar-refractivity contribution in [1.82, 2.24) is 5.32 Å². The minimum absolute atomic E-state index is 0.0570. The molecule has 3 heteroatoms. The number of allylic oxidation sites excluding steroid dienone is 1. The molecule has 0 unspecified atom stereocenters. The van der Waals surface area contributed by atoms with Crippen molar-refractivity contribution >= 4 is 27.6 Å². The van der Waals surface area contributed by atoms with E-state index in [0.717, 1.165) is 4.86 Å². The molecule has 0 saturated carbocycles. The van der Waals surface area contributed by atoms with Crippen molar-refractivity contribution in [2.45, 2.75) is 26.8 Å². The zero-order valence-corrected chi connectivity index (χ0v) is 8.57. The largest absolute Gasteiger partial charge is 0.350 e. The van der Waals surface area contributed by atoms with Crippen molar-refractivity contribution in [3.8, 4) is 0 Å². The monoisotopic (exact) mass is 185 g/mol. The molecule has 68 valence electrons. The lowest BCUT2D eigenvalue weighted by molar-refractivity contribution is -0.116. The second-order valence-electron chi connectivity index (χ2n) is 2.75. The van der Waals surface area contributed by atoms with Gasteiger partial charge in [0.25, 0.3) is 0 Å². The van der Waals surface area contributed by atoms with Crippen LogP contribution in [0.2, 0.25) is 0 Å². The van der Waals surface area contributed by atoms with Crippen LogP contribution >= 0.6 is 10.9 Å². The third-order valence-corrected chi connectivity index (χ3v) is 1.72. The molecule has 0 aliphatic carbocycles. The van der Waals surface area contributed by atoms with Crippen LogP contribution in [-0.4, -0.2) is 22.7 Å². The second kappa shape index (κ2) is 5.77. The zero-order valence-electron chi connectivity index (χ0n) is 7.76. The molecular formula is C9H15NOS. The van der Waals surface area contributed by atoms with Crippen LogP contribution < -0.4 is 5.32 Å². The predicted octanol–water partition coefficient (Wildman–Crippen LogP) is 1.42. The number of rotatable bonds is 3. The van der Waals surface area contributed by atoms with Crippen LogP contribution in [0.5, 0.6) is 0 Å². The fourth-order valence-electron chi connectivity index (χ4n) is 0.574. The number of hydrogen-bond donors (Lipinski definition) is 1. The number of amides is 1. The van der Waals surface area contributed by atoms with Crippen molar-refractivity contribution in [1.29, 1.82) is 0 Å². The smallest absolute Gasteiger partial charge is 0.244 e. The summed E-state index contributed by atoms with van der Waals surface area (Å²) in [6.07, 6.45) is 3.28. The van der Waals surface area contributed by atoms with E-state index in [1.807, 2.05) is 20.8 Å². The highest BCUT2D eigenvalue weighted by atomic mass is 32.1. The SMILES string of the molecule is C=S=C(C)/C=C\C(=O)NC(C)C. The Balaban J connectivity index is 4.01. The molecule has 1 N–H and O–H groups in total. The van der Waals surface area contributed by atoms with Crippen molar-refractivity contribution in [3.63, 3.8) is 0 Å². The van der Waals surface area contributed by atoms with Crippen molar-refractivity contribution in [2.24, 2.45) is 0 Å². The lowest BCUT2D eigenvalue weighted by Crippen LogP contribution is -2.28. The molecule has 0 aromatic rings. The van der Waals surface area contributed by atoms with Crippen LogP contribution in [-0.2, 0) is 4.79 Å². The van der Waals surface area contributed by atoms with E-state index in [0.29, 0.717) is 0 Å². The van der Waals surface area contributed by atoms with Gasteiger partial charge in [-0.15, -0.1) is 0 Å². The highest BCUT2D eigenvalue weighted by molar-refractivity contribution is 7.96. The molecule has 0 spiro atoms. The molecule has 12 heavy (non-hydrogen) atoms. The predicted molar refractivity (Wildman–Crippen MR) is 57.8 cm³/mol. The summed E-state index contributed by atoms with van der Waals surface area (Å²) in [4.78, 5) is 12.1. The van der Waals surface area contributed by atoms with Crippen LogP contribution in [0.1, 0.15) is 20.8 Å². The molecule has 0 aliphatic heterocycles. The van der Waals surface area contributed by atoms with Gasteiger partial charge in [-0.3, -0.25) is 4.79 Å². The van der Waals surface area contributed by atoms with Crippen molar-refractivity contribution in [2.75, 3.05) is 0 Å². The summed E-state index contributed by atoms with van der Waals surface area (Å²) in [7, 11) is 1.39. The van der Waals surface area contributed by atoms with Gasteiger partial charge >= 0.3 is 0 Å². The first kappa shape index (κ1) is 11.2. The molecule has 2 nitrogen and oxygen atoms in total. The fourth-order valence-corrected chi connectivity index (χ4v) is 0.738. The Bertz CT molecular complexity index is 237. The summed E-state index contributed by atoms with van der Waals surface area (Å²) in [6.45, 7) is 5.77. The average Bonchev–Trinajstić information content (AvgIpc) is 1.99. The van der Waals surface area contributed by atoms with E-state index in [2.05, 4.69) is 11.2 Å². The lowest BCUT2D eigenvalue weighted by atomic mass is 10.3. The number of carbonyl (C=O) groups is 1. The maximum absolute atomic E-state index is 11.0. The summed E-state index contributed by atoms with van der Waals surface area (Å²) in [5.74, 6) is 3.56. The van der Waals surface area contributed by atoms with Gasteiger partial charge in [-0.1, -0.05) is 0 Å². The Morgan fingerprint density at radius 1 is 1.50 bits per heavy atom. The Morgan fingerprint density at radius 3 is 2.50 bits per heavy atom. The summed E-state index contributed by atoms with van der Waals surface area (Å²) >= 11 is 0. The summed E-state index contributed by atoms with van der Waals surface area (Å²) < 4.78 is 0. The Morgan fingerprint density at radius 2 is 2.08 bits per heavy atom. The van der Waals surface area contributed by atoms with Crippen LogP contribution in [0.4, 0.5) is 0 Å². The molecule has 0 rings (SSSR count). The lowest BCUT2D eigenvalue weighted by Gasteiger charge is -2.03. The van der Waals surface area contributed by atoms with Crippen LogP contribution in [0.15, 0.2) is 12.2 Å². The zero-order chi connectivity index (χ0) is 9.56. The number of hydrogen-bond acceptors (Lipinski definition) is 1. The van der Waals surface area contributed by atoms with Crippen LogP contribution in [0.25, 0.3) is 0 Å². The van der Waals surface area contributed by atoms with E-state index in [9.17, 15) is 4.79 Å². The molecule has 0 bridgehead atoms. The van der Waals surface area contributed by atoms with Gasteiger partial charge in [0.15, 0.2) is 0 Å². The van der Waals surface area contributed by atoms with Gasteiger partial charge in [0.2, 0.25) is 5.91 Å². The molecular weight excluding hydrogens is 170 g/mol. The van der Waals surface area contributed by atoms with E-state index in [-0.39, 0.29) is 11.9 Å². The van der Waals surface area contributed by atoms with Gasteiger partial charge in [-0.05, 0) is 32.7 Å². The van der Waals surface area contributed by atoms with E-state index in [4.69, 9.17) is 0 Å². The van der Waals surface area contributed by atoms with Crippen molar-refractivity contribution in [3.05, 3.63) is 12.2 Å². The van der Waals surface area contributed by atoms with Gasteiger partial charge in [0.1, 0.15) is 0 Å². The topological polar surface area (TPSA) is 29.1 Å². The fraction of sp³-hybridized carbons (Fsp3) is 0.444. The van der Waals surface area contributed by atoms with Gasteiger partial charge in [-0.25, -0.2) is 0 Å². The third kappa shape index (κ3) is 5.92. The first-order valence-corrected chi connectivity index (χ1v) is 4.79. The summed E-state index contributed by atoms with van der Waals surface area (Å²) in [6, 6.07) is 0.190. The Kier molecular flexibility index (Phi) is 5.37. The Labute approximate surface area is 77.2 Å².